The van der Waals surface area contributed by atoms with Crippen LogP contribution in [-0.4, -0.2) is 41.9 Å². The Labute approximate surface area is 187 Å². The fourth-order valence-corrected chi connectivity index (χ4v) is 3.83. The van der Waals surface area contributed by atoms with Crippen molar-refractivity contribution < 1.29 is 28.1 Å². The van der Waals surface area contributed by atoms with E-state index in [1.54, 1.807) is 43.7 Å². The van der Waals surface area contributed by atoms with Crippen LogP contribution in [-0.2, 0) is 20.9 Å². The van der Waals surface area contributed by atoms with Gasteiger partial charge in [-0.05, 0) is 57.9 Å². The van der Waals surface area contributed by atoms with Gasteiger partial charge in [-0.2, -0.15) is 0 Å². The van der Waals surface area contributed by atoms with Crippen molar-refractivity contribution in [3.63, 3.8) is 0 Å². The molecule has 7 nitrogen and oxygen atoms in total. The van der Waals surface area contributed by atoms with E-state index in [0.29, 0.717) is 17.2 Å². The summed E-state index contributed by atoms with van der Waals surface area (Å²) in [6.07, 6.45) is 10.0. The van der Waals surface area contributed by atoms with Crippen molar-refractivity contribution in [2.24, 2.45) is 0 Å². The molecule has 0 saturated heterocycles. The number of nitrogens with one attached hydrogen (secondary N) is 1. The van der Waals surface area contributed by atoms with E-state index in [9.17, 15) is 9.59 Å². The lowest BCUT2D eigenvalue weighted by atomic mass is 10.1. The number of methoxy groups -OCH3 is 1. The van der Waals surface area contributed by atoms with Gasteiger partial charge >= 0.3 is 5.91 Å². The fourth-order valence-electron chi connectivity index (χ4n) is 3.27. The highest BCUT2D eigenvalue weighted by Gasteiger charge is 2.40. The summed E-state index contributed by atoms with van der Waals surface area (Å²) in [5.41, 5.74) is 1.38. The summed E-state index contributed by atoms with van der Waals surface area (Å²) in [7, 11) is 1.58. The first-order chi connectivity index (χ1) is 15.0. The van der Waals surface area contributed by atoms with Gasteiger partial charge in [0, 0.05) is 6.08 Å². The van der Waals surface area contributed by atoms with E-state index in [0.717, 1.165) is 10.0 Å². The average Bonchev–Trinajstić information content (AvgIpc) is 3.29. The number of carbonyl (C=O) groups excluding carboxylic acids is 2. The predicted molar refractivity (Wildman–Crippen MR) is 118 cm³/mol. The Hall–Kier alpha value is -3.39. The van der Waals surface area contributed by atoms with Gasteiger partial charge in [-0.1, -0.05) is 18.2 Å². The van der Waals surface area contributed by atoms with Crippen LogP contribution in [0, 0.1) is 0 Å². The van der Waals surface area contributed by atoms with Gasteiger partial charge in [-0.3, -0.25) is 4.79 Å². The number of rotatable bonds is 6. The normalized spacial score (nSPS) is 18.7. The Morgan fingerprint density at radius 2 is 2.19 bits per heavy atom. The molecule has 1 aliphatic heterocycles. The molecule has 158 valence electrons. The van der Waals surface area contributed by atoms with E-state index in [4.69, 9.17) is 13.9 Å². The van der Waals surface area contributed by atoms with Gasteiger partial charge in [0.05, 0.1) is 24.4 Å². The second-order valence-electron chi connectivity index (χ2n) is 6.86. The Morgan fingerprint density at radius 3 is 2.94 bits per heavy atom. The Balaban J connectivity index is 1.58. The molecular formula is C23H20BrN2O5+. The summed E-state index contributed by atoms with van der Waals surface area (Å²) < 4.78 is 18.6. The van der Waals surface area contributed by atoms with Crippen molar-refractivity contribution in [2.75, 3.05) is 13.7 Å². The van der Waals surface area contributed by atoms with Crippen LogP contribution < -0.4 is 10.1 Å². The van der Waals surface area contributed by atoms with Crippen LogP contribution in [0.15, 0.2) is 75.5 Å². The van der Waals surface area contributed by atoms with Crippen LogP contribution in [0.25, 0.3) is 6.08 Å². The molecule has 0 spiro atoms. The van der Waals surface area contributed by atoms with E-state index in [1.807, 2.05) is 30.4 Å². The molecule has 2 heterocycles. The number of nitrogens with zero attached hydrogens (tertiary/aromatic N) is 1. The zero-order chi connectivity index (χ0) is 21.8. The largest absolute Gasteiger partial charge is 0.496 e. The van der Waals surface area contributed by atoms with E-state index < -0.39 is 6.10 Å². The maximum Gasteiger partial charge on any atom is 0.455 e. The molecule has 0 saturated carbocycles. The van der Waals surface area contributed by atoms with Gasteiger partial charge in [0.1, 0.15) is 11.5 Å². The maximum absolute atomic E-state index is 13.2. The molecule has 8 heteroatoms. The predicted octanol–water partition coefficient (Wildman–Crippen LogP) is 3.21. The molecule has 2 aromatic rings. The minimum Gasteiger partial charge on any atom is -0.496 e. The molecule has 1 aliphatic carbocycles. The molecule has 1 atom stereocenters. The van der Waals surface area contributed by atoms with Crippen LogP contribution in [0.1, 0.15) is 11.3 Å². The third-order valence-corrected chi connectivity index (χ3v) is 5.41. The smallest absolute Gasteiger partial charge is 0.455 e. The van der Waals surface area contributed by atoms with Gasteiger partial charge in [0.25, 0.3) is 5.91 Å². The molecule has 0 radical (unpaired) electrons. The monoisotopic (exact) mass is 483 g/mol. The minimum atomic E-state index is -0.450. The molecule has 2 aliphatic rings. The highest BCUT2D eigenvalue weighted by molar-refractivity contribution is 9.10. The molecule has 0 bridgehead atoms. The number of hydrogen-bond donors (Lipinski definition) is 1. The highest BCUT2D eigenvalue weighted by atomic mass is 79.9. The summed E-state index contributed by atoms with van der Waals surface area (Å²) in [4.78, 5) is 25.7. The van der Waals surface area contributed by atoms with E-state index in [1.165, 1.54) is 4.58 Å². The number of hydrogen-bond acceptors (Lipinski definition) is 5. The fraction of sp³-hybridized carbons (Fsp3) is 0.174. The molecule has 1 aromatic heterocycles. The number of halogens is 1. The summed E-state index contributed by atoms with van der Waals surface area (Å²) in [5.74, 6) is 0.797. The van der Waals surface area contributed by atoms with Gasteiger partial charge in [0.15, 0.2) is 0 Å². The average molecular weight is 484 g/mol. The number of fused-ring (bicyclic) bond motifs is 1. The van der Waals surface area contributed by atoms with Crippen molar-refractivity contribution in [2.45, 2.75) is 12.6 Å². The maximum atomic E-state index is 13.2. The van der Waals surface area contributed by atoms with E-state index >= 15 is 0 Å². The number of amides is 2. The molecule has 4 rings (SSSR count). The molecule has 1 unspecified atom stereocenters. The molecule has 1 N–H and O–H groups in total. The van der Waals surface area contributed by atoms with Crippen LogP contribution >= 0.6 is 15.9 Å². The number of furan rings is 1. The third kappa shape index (κ3) is 4.69. The van der Waals surface area contributed by atoms with Crippen molar-refractivity contribution >= 4 is 39.5 Å². The first kappa shape index (κ1) is 20.9. The summed E-state index contributed by atoms with van der Waals surface area (Å²) in [6, 6.07) is 8.97. The number of allylic oxidation sites excluding steroid dienone is 2. The molecule has 1 aromatic carbocycles. The first-order valence-electron chi connectivity index (χ1n) is 9.59. The van der Waals surface area contributed by atoms with E-state index in [2.05, 4.69) is 21.2 Å². The number of carbonyl (C=O) groups is 2. The lowest BCUT2D eigenvalue weighted by Crippen LogP contribution is -2.46. The number of benzene rings is 1. The van der Waals surface area contributed by atoms with E-state index in [-0.39, 0.29) is 30.7 Å². The van der Waals surface area contributed by atoms with Crippen molar-refractivity contribution in [1.82, 2.24) is 5.32 Å². The topological polar surface area (TPSA) is 80.8 Å². The van der Waals surface area contributed by atoms with Crippen molar-refractivity contribution in [3.8, 4) is 5.75 Å². The second-order valence-corrected chi connectivity index (χ2v) is 7.71. The Bertz CT molecular complexity index is 1130. The standard InChI is InChI=1S/C23H19BrN2O5/c1-29-19-9-8-15(11-17(19)24)12-21-23(28)26(18-6-2-3-7-20(18)31-21)14-22(27)25-13-16-5-4-10-30-16/h2-12,20H,13-14H2,1H3/p+1/b21-12-. The molecule has 0 fully saturated rings. The quantitative estimate of drug-likeness (QED) is 0.503. The summed E-state index contributed by atoms with van der Waals surface area (Å²) in [6.45, 7) is 0.123. The first-order valence-corrected chi connectivity index (χ1v) is 10.4. The summed E-state index contributed by atoms with van der Waals surface area (Å²) in [5, 5.41) is 2.77. The Morgan fingerprint density at radius 1 is 1.32 bits per heavy atom. The molecule has 2 amide bonds. The van der Waals surface area contributed by atoms with Crippen LogP contribution in [0.2, 0.25) is 0 Å². The number of ether oxygens (including phenoxy) is 2. The van der Waals surface area contributed by atoms with Gasteiger partial charge < -0.3 is 19.2 Å². The zero-order valence-corrected chi connectivity index (χ0v) is 18.3. The van der Waals surface area contributed by atoms with Crippen LogP contribution in [0.5, 0.6) is 5.75 Å². The highest BCUT2D eigenvalue weighted by Crippen LogP contribution is 2.27. The van der Waals surface area contributed by atoms with Gasteiger partial charge in [-0.15, -0.1) is 4.58 Å². The minimum absolute atomic E-state index is 0.128. The molecule has 31 heavy (non-hydrogen) atoms. The lowest BCUT2D eigenvalue weighted by molar-refractivity contribution is -0.443. The third-order valence-electron chi connectivity index (χ3n) is 4.79. The second kappa shape index (κ2) is 9.18. The SMILES string of the molecule is COc1ccc(/C=C2\OC3C=CC=CC3=[N+](CC(=O)NCc3ccco3)C2=O)cc1Br. The van der Waals surface area contributed by atoms with Gasteiger partial charge in [0.2, 0.25) is 24.1 Å². The molecular weight excluding hydrogens is 464 g/mol. The summed E-state index contributed by atoms with van der Waals surface area (Å²) >= 11 is 3.45. The zero-order valence-electron chi connectivity index (χ0n) is 16.7. The van der Waals surface area contributed by atoms with Crippen LogP contribution in [0.3, 0.4) is 0 Å². The van der Waals surface area contributed by atoms with Gasteiger partial charge in [-0.25, -0.2) is 4.79 Å². The Kier molecular flexibility index (Phi) is 6.18. The lowest BCUT2D eigenvalue weighted by Gasteiger charge is -2.22. The van der Waals surface area contributed by atoms with Crippen molar-refractivity contribution in [3.05, 3.63) is 82.5 Å². The van der Waals surface area contributed by atoms with Crippen LogP contribution in [0.4, 0.5) is 0 Å². The van der Waals surface area contributed by atoms with Crippen molar-refractivity contribution in [1.29, 1.82) is 0 Å².